The van der Waals surface area contributed by atoms with Crippen LogP contribution < -0.4 is 14.8 Å². The van der Waals surface area contributed by atoms with Crippen LogP contribution in [0.5, 0.6) is 11.5 Å². The van der Waals surface area contributed by atoms with Crippen molar-refractivity contribution in [2.75, 3.05) is 19.5 Å². The Morgan fingerprint density at radius 1 is 1.04 bits per heavy atom. The van der Waals surface area contributed by atoms with Crippen LogP contribution in [-0.2, 0) is 0 Å². The molecule has 1 aromatic heterocycles. The zero-order valence-electron chi connectivity index (χ0n) is 13.3. The van der Waals surface area contributed by atoms with Crippen molar-refractivity contribution in [3.05, 3.63) is 59.2 Å². The van der Waals surface area contributed by atoms with Crippen LogP contribution in [0.4, 0.5) is 5.69 Å². The summed E-state index contributed by atoms with van der Waals surface area (Å²) in [6.45, 7) is 0. The molecule has 1 unspecified atom stereocenters. The van der Waals surface area contributed by atoms with Gasteiger partial charge >= 0.3 is 0 Å². The van der Waals surface area contributed by atoms with Crippen LogP contribution in [0.1, 0.15) is 11.7 Å². The molecule has 122 valence electrons. The lowest BCUT2D eigenvalue weighted by Crippen LogP contribution is -2.25. The second kappa shape index (κ2) is 5.76. The van der Waals surface area contributed by atoms with E-state index in [0.717, 1.165) is 22.5 Å². The molecule has 1 aliphatic rings. The van der Waals surface area contributed by atoms with E-state index < -0.39 is 0 Å². The third-order valence-electron chi connectivity index (χ3n) is 4.19. The third-order valence-corrected chi connectivity index (χ3v) is 4.42. The molecule has 0 radical (unpaired) electrons. The molecule has 0 bridgehead atoms. The normalized spacial score (nSPS) is 15.2. The topological polar surface area (TPSA) is 48.3 Å². The average Bonchev–Trinajstić information content (AvgIpc) is 3.10. The van der Waals surface area contributed by atoms with Crippen LogP contribution in [0.2, 0.25) is 5.02 Å². The maximum atomic E-state index is 6.16. The van der Waals surface area contributed by atoms with Crippen molar-refractivity contribution >= 4 is 17.3 Å². The van der Waals surface area contributed by atoms with Gasteiger partial charge in [-0.25, -0.2) is 4.68 Å². The number of anilines is 1. The van der Waals surface area contributed by atoms with Gasteiger partial charge in [-0.05, 0) is 36.4 Å². The lowest BCUT2D eigenvalue weighted by atomic mass is 10.0. The fourth-order valence-corrected chi connectivity index (χ4v) is 3.22. The minimum absolute atomic E-state index is 0.152. The van der Waals surface area contributed by atoms with E-state index in [1.807, 2.05) is 47.1 Å². The molecule has 2 aromatic carbocycles. The van der Waals surface area contributed by atoms with Crippen molar-refractivity contribution < 1.29 is 9.47 Å². The molecular formula is C18H16ClN3O2. The van der Waals surface area contributed by atoms with Crippen LogP contribution in [0.25, 0.3) is 11.3 Å². The molecule has 24 heavy (non-hydrogen) atoms. The average molecular weight is 342 g/mol. The second-order valence-corrected chi connectivity index (χ2v) is 5.95. The lowest BCUT2D eigenvalue weighted by molar-refractivity contribution is 0.354. The number of nitrogens with zero attached hydrogens (tertiary/aromatic N) is 2. The van der Waals surface area contributed by atoms with Gasteiger partial charge in [-0.15, -0.1) is 0 Å². The summed E-state index contributed by atoms with van der Waals surface area (Å²) in [5.41, 5.74) is 4.12. The van der Waals surface area contributed by atoms with Crippen LogP contribution in [0.15, 0.2) is 48.7 Å². The minimum Gasteiger partial charge on any atom is -0.493 e. The molecule has 5 nitrogen and oxygen atoms in total. The molecule has 0 saturated carbocycles. The summed E-state index contributed by atoms with van der Waals surface area (Å²) in [5, 5.41) is 8.68. The summed E-state index contributed by atoms with van der Waals surface area (Å²) in [6.07, 6.45) is 1.65. The predicted octanol–water partition coefficient (Wildman–Crippen LogP) is 4.19. The largest absolute Gasteiger partial charge is 0.493 e. The Bertz CT molecular complexity index is 907. The van der Waals surface area contributed by atoms with Gasteiger partial charge in [-0.1, -0.05) is 17.7 Å². The first-order valence-electron chi connectivity index (χ1n) is 7.53. The highest BCUT2D eigenvalue weighted by Crippen LogP contribution is 2.40. The van der Waals surface area contributed by atoms with E-state index in [1.54, 1.807) is 20.4 Å². The zero-order chi connectivity index (χ0) is 16.7. The first-order chi connectivity index (χ1) is 11.7. The highest BCUT2D eigenvalue weighted by Gasteiger charge is 2.26. The Balaban J connectivity index is 1.83. The van der Waals surface area contributed by atoms with Gasteiger partial charge in [-0.3, -0.25) is 0 Å². The van der Waals surface area contributed by atoms with Crippen molar-refractivity contribution in [2.24, 2.45) is 0 Å². The monoisotopic (exact) mass is 341 g/mol. The maximum Gasteiger partial charge on any atom is 0.161 e. The van der Waals surface area contributed by atoms with Gasteiger partial charge in [0.2, 0.25) is 0 Å². The summed E-state index contributed by atoms with van der Waals surface area (Å²) < 4.78 is 12.7. The van der Waals surface area contributed by atoms with Crippen molar-refractivity contribution in [3.63, 3.8) is 0 Å². The Kier molecular flexibility index (Phi) is 3.58. The number of fused-ring (bicyclic) bond motifs is 3. The minimum atomic E-state index is -0.152. The van der Waals surface area contributed by atoms with Crippen LogP contribution in [-0.4, -0.2) is 24.0 Å². The fourth-order valence-electron chi connectivity index (χ4n) is 3.05. The molecule has 0 aliphatic carbocycles. The molecule has 0 fully saturated rings. The van der Waals surface area contributed by atoms with E-state index in [9.17, 15) is 0 Å². The summed E-state index contributed by atoms with van der Waals surface area (Å²) in [6, 6.07) is 13.7. The quantitative estimate of drug-likeness (QED) is 0.776. The van der Waals surface area contributed by atoms with E-state index in [0.29, 0.717) is 16.5 Å². The summed E-state index contributed by atoms with van der Waals surface area (Å²) in [5.74, 6) is 1.38. The van der Waals surface area contributed by atoms with E-state index in [1.165, 1.54) is 0 Å². The van der Waals surface area contributed by atoms with Gasteiger partial charge in [0.15, 0.2) is 11.5 Å². The number of halogens is 1. The molecule has 1 atom stereocenters. The Labute approximate surface area is 144 Å². The number of nitrogens with one attached hydrogen (secondary N) is 1. The summed E-state index contributed by atoms with van der Waals surface area (Å²) >= 11 is 6.16. The molecule has 0 amide bonds. The SMILES string of the molecule is COc1ccc(C2Nc3cc(Cl)ccc3-c3ccnn32)cc1OC. The van der Waals surface area contributed by atoms with Gasteiger partial charge in [0.05, 0.1) is 19.9 Å². The molecule has 6 heteroatoms. The van der Waals surface area contributed by atoms with E-state index in [4.69, 9.17) is 21.1 Å². The number of hydrogen-bond donors (Lipinski definition) is 1. The first-order valence-corrected chi connectivity index (χ1v) is 7.91. The number of benzene rings is 2. The molecule has 1 N–H and O–H groups in total. The van der Waals surface area contributed by atoms with Crippen LogP contribution in [0, 0.1) is 0 Å². The van der Waals surface area contributed by atoms with Gasteiger partial charge in [0.25, 0.3) is 0 Å². The molecular weight excluding hydrogens is 326 g/mol. The molecule has 0 saturated heterocycles. The Hall–Kier alpha value is -2.66. The Morgan fingerprint density at radius 3 is 2.67 bits per heavy atom. The standard InChI is InChI=1S/C18H16ClN3O2/c1-23-16-6-3-11(9-17(16)24-2)18-21-14-10-12(19)4-5-13(14)15-7-8-20-22(15)18/h3-10,18,21H,1-2H3. The van der Waals surface area contributed by atoms with Crippen molar-refractivity contribution in [1.29, 1.82) is 0 Å². The number of methoxy groups -OCH3 is 2. The predicted molar refractivity (Wildman–Crippen MR) is 94.0 cm³/mol. The van der Waals surface area contributed by atoms with E-state index >= 15 is 0 Å². The van der Waals surface area contributed by atoms with Gasteiger partial charge < -0.3 is 14.8 Å². The smallest absolute Gasteiger partial charge is 0.161 e. The van der Waals surface area contributed by atoms with E-state index in [-0.39, 0.29) is 6.17 Å². The zero-order valence-corrected chi connectivity index (χ0v) is 14.0. The van der Waals surface area contributed by atoms with E-state index in [2.05, 4.69) is 10.4 Å². The summed E-state index contributed by atoms with van der Waals surface area (Å²) in [7, 11) is 3.25. The van der Waals surface area contributed by atoms with Crippen molar-refractivity contribution in [1.82, 2.24) is 9.78 Å². The highest BCUT2D eigenvalue weighted by atomic mass is 35.5. The lowest BCUT2D eigenvalue weighted by Gasteiger charge is -2.29. The molecule has 1 aliphatic heterocycles. The van der Waals surface area contributed by atoms with Gasteiger partial charge in [0, 0.05) is 28.0 Å². The van der Waals surface area contributed by atoms with Crippen LogP contribution in [0.3, 0.4) is 0 Å². The van der Waals surface area contributed by atoms with Gasteiger partial charge in [-0.2, -0.15) is 5.10 Å². The maximum absolute atomic E-state index is 6.16. The molecule has 0 spiro atoms. The van der Waals surface area contributed by atoms with Gasteiger partial charge in [0.1, 0.15) is 6.17 Å². The Morgan fingerprint density at radius 2 is 1.88 bits per heavy atom. The van der Waals surface area contributed by atoms with Crippen LogP contribution >= 0.6 is 11.6 Å². The molecule has 2 heterocycles. The molecule has 3 aromatic rings. The fraction of sp³-hybridized carbons (Fsp3) is 0.167. The van der Waals surface area contributed by atoms with Crippen molar-refractivity contribution in [2.45, 2.75) is 6.17 Å². The first kappa shape index (κ1) is 14.9. The number of rotatable bonds is 3. The third kappa shape index (κ3) is 2.29. The molecule has 4 rings (SSSR count). The number of aromatic nitrogens is 2. The highest BCUT2D eigenvalue weighted by molar-refractivity contribution is 6.31. The number of ether oxygens (including phenoxy) is 2. The second-order valence-electron chi connectivity index (χ2n) is 5.51. The summed E-state index contributed by atoms with van der Waals surface area (Å²) in [4.78, 5) is 0. The van der Waals surface area contributed by atoms with Crippen molar-refractivity contribution in [3.8, 4) is 22.8 Å². The number of hydrogen-bond acceptors (Lipinski definition) is 4.